The maximum Gasteiger partial charge on any atom is 0.258 e. The second-order valence-electron chi connectivity index (χ2n) is 6.95. The molecular formula is C20H22N4O3S. The lowest BCUT2D eigenvalue weighted by atomic mass is 10.1. The van der Waals surface area contributed by atoms with Crippen molar-refractivity contribution in [2.75, 3.05) is 0 Å². The summed E-state index contributed by atoms with van der Waals surface area (Å²) in [4.78, 5) is 4.61. The van der Waals surface area contributed by atoms with E-state index in [1.807, 2.05) is 24.3 Å². The third-order valence-corrected chi connectivity index (χ3v) is 6.46. The lowest BCUT2D eigenvalue weighted by Gasteiger charge is -2.12. The van der Waals surface area contributed by atoms with Crippen LogP contribution in [0.15, 0.2) is 57.9 Å². The number of nitrogens with zero attached hydrogens (tertiary/aromatic N) is 2. The standard InChI is InChI=1S/C20H22N4O3S/c21-13-14-8-10-15(11-9-14)19-22-20(27-23-19)16-4-3-7-18(12-16)28(25,26)24-17-5-1-2-6-17/h3-4,7-12,17,24H,1-2,5-6,13,21H2. The van der Waals surface area contributed by atoms with E-state index in [9.17, 15) is 8.42 Å². The van der Waals surface area contributed by atoms with E-state index in [-0.39, 0.29) is 16.8 Å². The van der Waals surface area contributed by atoms with Crippen molar-refractivity contribution < 1.29 is 12.9 Å². The summed E-state index contributed by atoms with van der Waals surface area (Å²) in [6.07, 6.45) is 3.89. The van der Waals surface area contributed by atoms with Gasteiger partial charge in [-0.3, -0.25) is 0 Å². The predicted molar refractivity (Wildman–Crippen MR) is 106 cm³/mol. The molecule has 1 heterocycles. The van der Waals surface area contributed by atoms with Gasteiger partial charge in [0.15, 0.2) is 0 Å². The molecule has 3 N–H and O–H groups in total. The number of sulfonamides is 1. The van der Waals surface area contributed by atoms with Crippen molar-refractivity contribution in [3.8, 4) is 22.8 Å². The maximum atomic E-state index is 12.7. The number of rotatable bonds is 6. The van der Waals surface area contributed by atoms with Gasteiger partial charge in [0, 0.05) is 23.7 Å². The van der Waals surface area contributed by atoms with Gasteiger partial charge in [0.25, 0.3) is 5.89 Å². The van der Waals surface area contributed by atoms with Crippen molar-refractivity contribution in [3.63, 3.8) is 0 Å². The molecule has 7 nitrogen and oxygen atoms in total. The van der Waals surface area contributed by atoms with Gasteiger partial charge in [0.05, 0.1) is 4.90 Å². The predicted octanol–water partition coefficient (Wildman–Crippen LogP) is 3.08. The van der Waals surface area contributed by atoms with E-state index < -0.39 is 10.0 Å². The Morgan fingerprint density at radius 2 is 1.82 bits per heavy atom. The molecule has 2 aromatic carbocycles. The monoisotopic (exact) mass is 398 g/mol. The molecule has 28 heavy (non-hydrogen) atoms. The fourth-order valence-electron chi connectivity index (χ4n) is 3.38. The van der Waals surface area contributed by atoms with Crippen LogP contribution in [-0.4, -0.2) is 24.6 Å². The molecule has 1 aliphatic rings. The number of nitrogens with two attached hydrogens (primary N) is 1. The summed E-state index contributed by atoms with van der Waals surface area (Å²) in [5.41, 5.74) is 8.00. The van der Waals surface area contributed by atoms with Crippen LogP contribution in [0.3, 0.4) is 0 Å². The summed E-state index contributed by atoms with van der Waals surface area (Å²) in [6, 6.07) is 14.2. The first kappa shape index (κ1) is 18.8. The maximum absolute atomic E-state index is 12.7. The zero-order chi connectivity index (χ0) is 19.6. The van der Waals surface area contributed by atoms with Crippen molar-refractivity contribution in [2.45, 2.75) is 43.2 Å². The molecule has 0 unspecified atom stereocenters. The van der Waals surface area contributed by atoms with Crippen molar-refractivity contribution in [2.24, 2.45) is 5.73 Å². The van der Waals surface area contributed by atoms with Crippen LogP contribution in [0.25, 0.3) is 22.8 Å². The Labute approximate surface area is 164 Å². The molecule has 1 fully saturated rings. The second-order valence-corrected chi connectivity index (χ2v) is 8.67. The fraction of sp³-hybridized carbons (Fsp3) is 0.300. The van der Waals surface area contributed by atoms with E-state index in [2.05, 4.69) is 14.9 Å². The Bertz CT molecular complexity index is 1060. The molecule has 146 valence electrons. The molecular weight excluding hydrogens is 376 g/mol. The molecule has 0 aliphatic heterocycles. The van der Waals surface area contributed by atoms with Crippen LogP contribution >= 0.6 is 0 Å². The van der Waals surface area contributed by atoms with Gasteiger partial charge in [-0.15, -0.1) is 0 Å². The SMILES string of the molecule is NCc1ccc(-c2noc(-c3cccc(S(=O)(=O)NC4CCCC4)c3)n2)cc1. The van der Waals surface area contributed by atoms with E-state index in [0.717, 1.165) is 36.8 Å². The minimum absolute atomic E-state index is 0.0140. The van der Waals surface area contributed by atoms with Gasteiger partial charge in [0.1, 0.15) is 0 Å². The summed E-state index contributed by atoms with van der Waals surface area (Å²) in [5, 5.41) is 4.01. The Morgan fingerprint density at radius 3 is 2.54 bits per heavy atom. The highest BCUT2D eigenvalue weighted by molar-refractivity contribution is 7.89. The molecule has 8 heteroatoms. The largest absolute Gasteiger partial charge is 0.334 e. The van der Waals surface area contributed by atoms with Gasteiger partial charge in [0.2, 0.25) is 15.8 Å². The van der Waals surface area contributed by atoms with Gasteiger partial charge < -0.3 is 10.3 Å². The third-order valence-electron chi connectivity index (χ3n) is 4.94. The first-order valence-electron chi connectivity index (χ1n) is 9.31. The third kappa shape index (κ3) is 3.99. The van der Waals surface area contributed by atoms with Gasteiger partial charge in [-0.05, 0) is 36.6 Å². The summed E-state index contributed by atoms with van der Waals surface area (Å²) in [5.74, 6) is 0.715. The average molecular weight is 398 g/mol. The molecule has 3 aromatic rings. The van der Waals surface area contributed by atoms with Crippen LogP contribution in [0, 0.1) is 0 Å². The van der Waals surface area contributed by atoms with E-state index in [4.69, 9.17) is 10.3 Å². The van der Waals surface area contributed by atoms with Crippen LogP contribution in [0.5, 0.6) is 0 Å². The second kappa shape index (κ2) is 7.83. The van der Waals surface area contributed by atoms with E-state index in [1.54, 1.807) is 24.3 Å². The molecule has 0 amide bonds. The Balaban J connectivity index is 1.58. The van der Waals surface area contributed by atoms with Crippen LogP contribution < -0.4 is 10.5 Å². The molecule has 1 aliphatic carbocycles. The number of hydrogen-bond donors (Lipinski definition) is 2. The lowest BCUT2D eigenvalue weighted by molar-refractivity contribution is 0.432. The summed E-state index contributed by atoms with van der Waals surface area (Å²) in [7, 11) is -3.58. The zero-order valence-electron chi connectivity index (χ0n) is 15.3. The Kier molecular flexibility index (Phi) is 5.25. The molecule has 1 aromatic heterocycles. The fourth-order valence-corrected chi connectivity index (χ4v) is 4.73. The average Bonchev–Trinajstić information content (AvgIpc) is 3.40. The van der Waals surface area contributed by atoms with Gasteiger partial charge >= 0.3 is 0 Å². The van der Waals surface area contributed by atoms with Gasteiger partial charge in [-0.25, -0.2) is 13.1 Å². The van der Waals surface area contributed by atoms with Crippen molar-refractivity contribution in [3.05, 3.63) is 54.1 Å². The molecule has 0 radical (unpaired) electrons. The first-order chi connectivity index (χ1) is 13.5. The minimum Gasteiger partial charge on any atom is -0.334 e. The summed E-state index contributed by atoms with van der Waals surface area (Å²) < 4.78 is 33.5. The molecule has 0 spiro atoms. The first-order valence-corrected chi connectivity index (χ1v) is 10.8. The van der Waals surface area contributed by atoms with Crippen LogP contribution in [0.2, 0.25) is 0 Å². The highest BCUT2D eigenvalue weighted by Crippen LogP contribution is 2.25. The van der Waals surface area contributed by atoms with Crippen LogP contribution in [-0.2, 0) is 16.6 Å². The molecule has 4 rings (SSSR count). The summed E-state index contributed by atoms with van der Waals surface area (Å²) >= 11 is 0. The highest BCUT2D eigenvalue weighted by atomic mass is 32.2. The Hall–Kier alpha value is -2.55. The molecule has 1 saturated carbocycles. The minimum atomic E-state index is -3.58. The normalized spacial score (nSPS) is 15.2. The van der Waals surface area contributed by atoms with Gasteiger partial charge in [-0.1, -0.05) is 48.3 Å². The topological polar surface area (TPSA) is 111 Å². The van der Waals surface area contributed by atoms with Crippen LogP contribution in [0.4, 0.5) is 0 Å². The highest BCUT2D eigenvalue weighted by Gasteiger charge is 2.23. The smallest absolute Gasteiger partial charge is 0.258 e. The molecule has 0 atom stereocenters. The zero-order valence-corrected chi connectivity index (χ0v) is 16.2. The number of aromatic nitrogens is 2. The van der Waals surface area contributed by atoms with Crippen LogP contribution in [0.1, 0.15) is 31.2 Å². The van der Waals surface area contributed by atoms with E-state index in [1.165, 1.54) is 0 Å². The Morgan fingerprint density at radius 1 is 1.07 bits per heavy atom. The number of hydrogen-bond acceptors (Lipinski definition) is 6. The van der Waals surface area contributed by atoms with Crippen molar-refractivity contribution >= 4 is 10.0 Å². The number of nitrogens with one attached hydrogen (secondary N) is 1. The molecule has 0 bridgehead atoms. The number of benzene rings is 2. The van der Waals surface area contributed by atoms with E-state index in [0.29, 0.717) is 17.9 Å². The van der Waals surface area contributed by atoms with Crippen molar-refractivity contribution in [1.82, 2.24) is 14.9 Å². The summed E-state index contributed by atoms with van der Waals surface area (Å²) in [6.45, 7) is 0.466. The molecule has 0 saturated heterocycles. The van der Waals surface area contributed by atoms with E-state index >= 15 is 0 Å². The lowest BCUT2D eigenvalue weighted by Crippen LogP contribution is -2.32. The quantitative estimate of drug-likeness (QED) is 0.660. The van der Waals surface area contributed by atoms with Crippen molar-refractivity contribution in [1.29, 1.82) is 0 Å². The van der Waals surface area contributed by atoms with Gasteiger partial charge in [-0.2, -0.15) is 4.98 Å².